The van der Waals surface area contributed by atoms with Crippen LogP contribution in [0.5, 0.6) is 0 Å². The first kappa shape index (κ1) is 14.1. The van der Waals surface area contributed by atoms with Gasteiger partial charge in [0.2, 0.25) is 0 Å². The molecule has 0 N–H and O–H groups in total. The van der Waals surface area contributed by atoms with Crippen LogP contribution in [0.15, 0.2) is 0 Å². The predicted molar refractivity (Wildman–Crippen MR) is 37.3 cm³/mol. The van der Waals surface area contributed by atoms with Crippen molar-refractivity contribution >= 4 is 12.6 Å². The molecule has 3 heteroatoms. The average molecular weight is 445 g/mol. The van der Waals surface area contributed by atoms with Crippen molar-refractivity contribution in [1.82, 2.24) is 0 Å². The monoisotopic (exact) mass is 445 g/mol. The van der Waals surface area contributed by atoms with E-state index in [2.05, 4.69) is 19.6 Å². The number of rotatable bonds is 3. The molecular formula is C6H12SUY-2. The van der Waals surface area contributed by atoms with Gasteiger partial charge >= 0.3 is 0 Å². The largest absolute Gasteiger partial charge is 0.345 e. The van der Waals surface area contributed by atoms with Gasteiger partial charge in [0, 0.05) is 63.8 Å². The second-order valence-corrected chi connectivity index (χ2v) is 1.97. The summed E-state index contributed by atoms with van der Waals surface area (Å²) in [5.41, 5.74) is 0. The van der Waals surface area contributed by atoms with Crippen LogP contribution in [-0.4, -0.2) is 5.25 Å². The first-order chi connectivity index (χ1) is 3.68. The summed E-state index contributed by atoms with van der Waals surface area (Å²) >= 11 is 4.10. The molecule has 0 aromatic heterocycles. The van der Waals surface area contributed by atoms with Crippen molar-refractivity contribution in [3.05, 3.63) is 13.3 Å². The molecule has 9 heavy (non-hydrogen) atoms. The van der Waals surface area contributed by atoms with Crippen molar-refractivity contribution in [2.45, 2.75) is 25.0 Å². The third-order valence-electron chi connectivity index (χ3n) is 0.719. The van der Waals surface area contributed by atoms with Crippen LogP contribution in [0.2, 0.25) is 0 Å². The molecule has 0 aliphatic rings. The van der Waals surface area contributed by atoms with Gasteiger partial charge in [0.25, 0.3) is 0 Å². The van der Waals surface area contributed by atoms with Crippen molar-refractivity contribution < 1.29 is 65.2 Å². The van der Waals surface area contributed by atoms with Crippen LogP contribution in [0.3, 0.4) is 0 Å². The third kappa shape index (κ3) is 13.5. The van der Waals surface area contributed by atoms with Crippen molar-refractivity contribution in [2.24, 2.45) is 0 Å². The van der Waals surface area contributed by atoms with E-state index in [1.165, 1.54) is 0 Å². The molecule has 0 spiro atoms. The Balaban J connectivity index is -0.000000245. The van der Waals surface area contributed by atoms with Gasteiger partial charge in [0.15, 0.2) is 0 Å². The summed E-state index contributed by atoms with van der Waals surface area (Å²) in [5, 5.41) is 0.0417. The van der Waals surface area contributed by atoms with Crippen LogP contribution in [0.4, 0.5) is 0 Å². The molecule has 0 aliphatic carbocycles. The van der Waals surface area contributed by atoms with E-state index in [1.807, 2.05) is 13.3 Å². The van der Waals surface area contributed by atoms with Gasteiger partial charge in [-0.2, -0.15) is 12.8 Å². The third-order valence-corrected chi connectivity index (χ3v) is 1.14. The molecule has 0 bridgehead atoms. The maximum absolute atomic E-state index is 7.07. The summed E-state index contributed by atoms with van der Waals surface area (Å²) in [6.07, 6.45) is 2.63. The maximum atomic E-state index is 7.07. The zero-order chi connectivity index (χ0) is 6.57. The Hall–Kier alpha value is 2.51. The molecule has 0 aliphatic heterocycles. The smallest absolute Gasteiger partial charge is 0 e. The normalized spacial score (nSPS) is 16.1. The molecule has 2 unspecified atom stereocenters. The minimum atomic E-state index is -0.321. The summed E-state index contributed by atoms with van der Waals surface area (Å²) in [7, 11) is 0. The molecule has 0 fully saturated rings. The van der Waals surface area contributed by atoms with Gasteiger partial charge in [0.1, 0.15) is 0 Å². The van der Waals surface area contributed by atoms with E-state index in [9.17, 15) is 0 Å². The quantitative estimate of drug-likeness (QED) is 0.500. The van der Waals surface area contributed by atoms with Crippen LogP contribution in [-0.2, 0) is 32.7 Å². The molecule has 0 aromatic rings. The van der Waals surface area contributed by atoms with Crippen molar-refractivity contribution in [2.75, 3.05) is 0 Å². The summed E-state index contributed by atoms with van der Waals surface area (Å²) < 4.78 is 7.07. The molecule has 2 atom stereocenters. The zero-order valence-corrected chi connectivity index (χ0v) is 13.6. The molecule has 0 rings (SSSR count). The molecule has 1 radical (unpaired) electrons. The Bertz CT molecular complexity index is 63.7. The molecule has 0 saturated carbocycles. The Morgan fingerprint density at radius 2 is 2.33 bits per heavy atom. The van der Waals surface area contributed by atoms with Gasteiger partial charge in [0.05, 0.1) is 0 Å². The SMILES string of the molecule is [3H]C([CH2-])C(S)[CH-]CC.[U].[Y]. The molecular weight excluding hydrogens is 431 g/mol. The topological polar surface area (TPSA) is 0 Å². The second kappa shape index (κ2) is 13.1. The Labute approximate surface area is 114 Å². The van der Waals surface area contributed by atoms with Crippen LogP contribution in [0.1, 0.15) is 21.1 Å². The number of hydrogen-bond donors (Lipinski definition) is 1. The van der Waals surface area contributed by atoms with Crippen LogP contribution in [0.25, 0.3) is 0 Å². The van der Waals surface area contributed by atoms with Crippen LogP contribution in [0, 0.1) is 44.5 Å². The van der Waals surface area contributed by atoms with Gasteiger partial charge in [-0.25, -0.2) is 12.6 Å². The van der Waals surface area contributed by atoms with E-state index < -0.39 is 0 Å². The minimum absolute atomic E-state index is 0. The fourth-order valence-corrected chi connectivity index (χ4v) is 0.549. The van der Waals surface area contributed by atoms with E-state index in [1.54, 1.807) is 0 Å². The average Bonchev–Trinajstić information content (AvgIpc) is 1.67. The second-order valence-electron chi connectivity index (χ2n) is 1.37. The number of thiol groups is 1. The Morgan fingerprint density at radius 1 is 1.89 bits per heavy atom. The molecule has 0 nitrogen and oxygen atoms in total. The van der Waals surface area contributed by atoms with E-state index in [4.69, 9.17) is 1.37 Å². The van der Waals surface area contributed by atoms with Gasteiger partial charge in [-0.1, -0.05) is 6.92 Å². The summed E-state index contributed by atoms with van der Waals surface area (Å²) in [4.78, 5) is 0. The van der Waals surface area contributed by atoms with Crippen LogP contribution >= 0.6 is 12.6 Å². The predicted octanol–water partition coefficient (Wildman–Crippen LogP) is 2.12. The standard InChI is InChI=1S/C6H12S.U.Y/c1-3-5-6(7)4-2;;/h5-7H,2-4H2,1H3;;/q-2;;/i4T;;. The van der Waals surface area contributed by atoms with Gasteiger partial charge in [-0.15, -0.1) is 5.25 Å². The van der Waals surface area contributed by atoms with Crippen molar-refractivity contribution in [3.8, 4) is 0 Å². The van der Waals surface area contributed by atoms with E-state index in [0.717, 1.165) is 6.42 Å². The Morgan fingerprint density at radius 3 is 2.44 bits per heavy atom. The number of hydrogen-bond acceptors (Lipinski definition) is 1. The molecule has 51 valence electrons. The molecule has 0 heterocycles. The maximum Gasteiger partial charge on any atom is 0 e. The molecule has 0 aromatic carbocycles. The zero-order valence-electron chi connectivity index (χ0n) is 6.67. The van der Waals surface area contributed by atoms with E-state index in [-0.39, 0.29) is 75.5 Å². The van der Waals surface area contributed by atoms with E-state index >= 15 is 0 Å². The van der Waals surface area contributed by atoms with Gasteiger partial charge < -0.3 is 13.3 Å². The van der Waals surface area contributed by atoms with Crippen molar-refractivity contribution in [1.29, 1.82) is 0 Å². The Kier molecular flexibility index (Phi) is 20.5. The fourth-order valence-electron chi connectivity index (χ4n) is 0.338. The first-order valence-electron chi connectivity index (χ1n) is 3.03. The molecule has 0 saturated heterocycles. The summed E-state index contributed by atoms with van der Waals surface area (Å²) in [5.74, 6) is 0. The van der Waals surface area contributed by atoms with Gasteiger partial charge in [-0.05, 0) is 1.37 Å². The van der Waals surface area contributed by atoms with Crippen LogP contribution < -0.4 is 0 Å². The van der Waals surface area contributed by atoms with Gasteiger partial charge in [-0.3, -0.25) is 0 Å². The fraction of sp³-hybridized carbons (Fsp3) is 0.667. The summed E-state index contributed by atoms with van der Waals surface area (Å²) in [6.45, 7) is 5.55. The first-order valence-corrected chi connectivity index (χ1v) is 2.96. The summed E-state index contributed by atoms with van der Waals surface area (Å²) in [6, 6.07) is 0. The molecule has 0 amide bonds. The van der Waals surface area contributed by atoms with Crippen molar-refractivity contribution in [3.63, 3.8) is 0 Å². The van der Waals surface area contributed by atoms with E-state index in [0.29, 0.717) is 0 Å². The minimum Gasteiger partial charge on any atom is -0.345 e.